The molecule has 0 bridgehead atoms. The normalized spacial score (nSPS) is 22.8. The van der Waals surface area contributed by atoms with E-state index in [1.54, 1.807) is 6.07 Å². The molecule has 1 saturated heterocycles. The van der Waals surface area contributed by atoms with Crippen molar-refractivity contribution in [3.63, 3.8) is 0 Å². The van der Waals surface area contributed by atoms with Crippen molar-refractivity contribution in [3.05, 3.63) is 32.8 Å². The Morgan fingerprint density at radius 2 is 2.25 bits per heavy atom. The van der Waals surface area contributed by atoms with Gasteiger partial charge in [0.1, 0.15) is 0 Å². The molecule has 1 fully saturated rings. The summed E-state index contributed by atoms with van der Waals surface area (Å²) in [6.07, 6.45) is 2.19. The number of nitro benzene ring substituents is 1. The van der Waals surface area contributed by atoms with Crippen LogP contribution < -0.4 is 5.32 Å². The van der Waals surface area contributed by atoms with E-state index in [9.17, 15) is 10.1 Å². The number of hydrogen-bond acceptors (Lipinski definition) is 4. The first-order valence-corrected chi connectivity index (χ1v) is 7.58. The molecule has 1 aliphatic rings. The molecular formula is C14H19BrN2O3. The summed E-state index contributed by atoms with van der Waals surface area (Å²) in [6.45, 7) is 5.08. The van der Waals surface area contributed by atoms with Crippen molar-refractivity contribution < 1.29 is 9.66 Å². The Bertz CT molecular complexity index is 493. The SMILES string of the molecule is CC(C)C1CC(Nc2ccc([N+](=O)[O-])cc2Br)CCO1. The number of hydrogen-bond donors (Lipinski definition) is 1. The standard InChI is InChI=1S/C14H19BrN2O3/c1-9(2)14-7-10(5-6-20-14)16-13-4-3-11(17(18)19)8-12(13)15/h3-4,8-10,14,16H,5-7H2,1-2H3. The zero-order chi connectivity index (χ0) is 14.7. The van der Waals surface area contributed by atoms with Crippen LogP contribution in [0.4, 0.5) is 11.4 Å². The number of anilines is 1. The van der Waals surface area contributed by atoms with Gasteiger partial charge in [-0.3, -0.25) is 10.1 Å². The molecule has 1 aromatic rings. The number of halogens is 1. The Hall–Kier alpha value is -1.14. The molecule has 110 valence electrons. The molecule has 1 aromatic carbocycles. The van der Waals surface area contributed by atoms with Crippen molar-refractivity contribution in [3.8, 4) is 0 Å². The van der Waals surface area contributed by atoms with Gasteiger partial charge in [-0.2, -0.15) is 0 Å². The Kier molecular flexibility index (Phi) is 4.99. The van der Waals surface area contributed by atoms with E-state index in [0.717, 1.165) is 29.6 Å². The van der Waals surface area contributed by atoms with E-state index in [1.807, 2.05) is 0 Å². The highest BCUT2D eigenvalue weighted by Crippen LogP contribution is 2.30. The minimum Gasteiger partial charge on any atom is -0.381 e. The highest BCUT2D eigenvalue weighted by molar-refractivity contribution is 9.10. The number of benzene rings is 1. The van der Waals surface area contributed by atoms with Crippen LogP contribution >= 0.6 is 15.9 Å². The fourth-order valence-electron chi connectivity index (χ4n) is 2.38. The van der Waals surface area contributed by atoms with E-state index in [-0.39, 0.29) is 11.8 Å². The summed E-state index contributed by atoms with van der Waals surface area (Å²) in [5, 5.41) is 14.2. The highest BCUT2D eigenvalue weighted by Gasteiger charge is 2.25. The molecule has 0 spiro atoms. The predicted octanol–water partition coefficient (Wildman–Crippen LogP) is 3.97. The molecule has 0 radical (unpaired) electrons. The Labute approximate surface area is 127 Å². The van der Waals surface area contributed by atoms with Gasteiger partial charge in [0, 0.05) is 34.9 Å². The molecule has 1 aliphatic heterocycles. The second-order valence-corrected chi connectivity index (χ2v) is 6.29. The second kappa shape index (κ2) is 6.54. The van der Waals surface area contributed by atoms with Gasteiger partial charge in [0.2, 0.25) is 0 Å². The molecule has 1 heterocycles. The molecule has 6 heteroatoms. The van der Waals surface area contributed by atoms with Crippen LogP contribution in [0.25, 0.3) is 0 Å². The number of rotatable bonds is 4. The Morgan fingerprint density at radius 3 is 2.85 bits per heavy atom. The lowest BCUT2D eigenvalue weighted by Crippen LogP contribution is -2.36. The lowest BCUT2D eigenvalue weighted by Gasteiger charge is -2.33. The van der Waals surface area contributed by atoms with Gasteiger partial charge in [-0.15, -0.1) is 0 Å². The maximum atomic E-state index is 10.7. The summed E-state index contributed by atoms with van der Waals surface area (Å²) in [7, 11) is 0. The summed E-state index contributed by atoms with van der Waals surface area (Å²) in [5.74, 6) is 0.500. The van der Waals surface area contributed by atoms with Gasteiger partial charge in [-0.25, -0.2) is 0 Å². The van der Waals surface area contributed by atoms with Crippen LogP contribution in [0.2, 0.25) is 0 Å². The minimum absolute atomic E-state index is 0.0921. The van der Waals surface area contributed by atoms with Gasteiger partial charge >= 0.3 is 0 Å². The second-order valence-electron chi connectivity index (χ2n) is 5.44. The van der Waals surface area contributed by atoms with E-state index in [0.29, 0.717) is 12.0 Å². The third-order valence-electron chi connectivity index (χ3n) is 3.58. The van der Waals surface area contributed by atoms with E-state index in [2.05, 4.69) is 35.1 Å². The first kappa shape index (κ1) is 15.3. The number of nitrogens with one attached hydrogen (secondary N) is 1. The molecule has 1 N–H and O–H groups in total. The molecule has 0 saturated carbocycles. The van der Waals surface area contributed by atoms with Crippen LogP contribution in [0.3, 0.4) is 0 Å². The first-order valence-electron chi connectivity index (χ1n) is 6.79. The van der Waals surface area contributed by atoms with Gasteiger partial charge in [0.15, 0.2) is 0 Å². The third-order valence-corrected chi connectivity index (χ3v) is 4.24. The molecular weight excluding hydrogens is 324 g/mol. The van der Waals surface area contributed by atoms with Crippen LogP contribution in [0.1, 0.15) is 26.7 Å². The van der Waals surface area contributed by atoms with E-state index >= 15 is 0 Å². The summed E-state index contributed by atoms with van der Waals surface area (Å²) < 4.78 is 6.47. The Balaban J connectivity index is 2.04. The number of non-ortho nitro benzene ring substituents is 1. The highest BCUT2D eigenvalue weighted by atomic mass is 79.9. The van der Waals surface area contributed by atoms with Gasteiger partial charge in [-0.1, -0.05) is 13.8 Å². The molecule has 2 rings (SSSR count). The van der Waals surface area contributed by atoms with E-state index < -0.39 is 4.92 Å². The molecule has 2 unspecified atom stereocenters. The van der Waals surface area contributed by atoms with Crippen molar-refractivity contribution >= 4 is 27.3 Å². The van der Waals surface area contributed by atoms with E-state index in [1.165, 1.54) is 12.1 Å². The third kappa shape index (κ3) is 3.70. The first-order chi connectivity index (χ1) is 9.47. The van der Waals surface area contributed by atoms with Crippen LogP contribution in [-0.2, 0) is 4.74 Å². The number of nitro groups is 1. The molecule has 20 heavy (non-hydrogen) atoms. The molecule has 0 aliphatic carbocycles. The quantitative estimate of drug-likeness (QED) is 0.664. The van der Waals surface area contributed by atoms with Crippen molar-refractivity contribution in [2.24, 2.45) is 5.92 Å². The van der Waals surface area contributed by atoms with Gasteiger partial charge in [-0.05, 0) is 40.8 Å². The Morgan fingerprint density at radius 1 is 1.50 bits per heavy atom. The molecule has 2 atom stereocenters. The van der Waals surface area contributed by atoms with E-state index in [4.69, 9.17) is 4.74 Å². The average Bonchev–Trinajstić information content (AvgIpc) is 2.41. The lowest BCUT2D eigenvalue weighted by atomic mass is 9.95. The van der Waals surface area contributed by atoms with Crippen LogP contribution in [0.15, 0.2) is 22.7 Å². The summed E-state index contributed by atoms with van der Waals surface area (Å²) in [5.41, 5.74) is 0.986. The maximum Gasteiger partial charge on any atom is 0.270 e. The van der Waals surface area contributed by atoms with Crippen LogP contribution in [0.5, 0.6) is 0 Å². The van der Waals surface area contributed by atoms with Crippen molar-refractivity contribution in [2.45, 2.75) is 38.8 Å². The van der Waals surface area contributed by atoms with Crippen molar-refractivity contribution in [1.82, 2.24) is 0 Å². The fraction of sp³-hybridized carbons (Fsp3) is 0.571. The monoisotopic (exact) mass is 342 g/mol. The number of ether oxygens (including phenoxy) is 1. The number of nitrogens with zero attached hydrogens (tertiary/aromatic N) is 1. The lowest BCUT2D eigenvalue weighted by molar-refractivity contribution is -0.384. The summed E-state index contributed by atoms with van der Waals surface area (Å²) in [4.78, 5) is 10.3. The zero-order valence-electron chi connectivity index (χ0n) is 11.6. The molecule has 0 amide bonds. The molecule has 0 aromatic heterocycles. The zero-order valence-corrected chi connectivity index (χ0v) is 13.2. The minimum atomic E-state index is -0.391. The van der Waals surface area contributed by atoms with Crippen molar-refractivity contribution in [2.75, 3.05) is 11.9 Å². The van der Waals surface area contributed by atoms with Crippen LogP contribution in [0, 0.1) is 16.0 Å². The average molecular weight is 343 g/mol. The predicted molar refractivity (Wildman–Crippen MR) is 82.0 cm³/mol. The summed E-state index contributed by atoms with van der Waals surface area (Å²) in [6, 6.07) is 5.14. The fourth-order valence-corrected chi connectivity index (χ4v) is 2.86. The molecule has 5 nitrogen and oxygen atoms in total. The largest absolute Gasteiger partial charge is 0.381 e. The van der Waals surface area contributed by atoms with Crippen molar-refractivity contribution in [1.29, 1.82) is 0 Å². The van der Waals surface area contributed by atoms with Gasteiger partial charge in [0.25, 0.3) is 5.69 Å². The van der Waals surface area contributed by atoms with Crippen LogP contribution in [-0.4, -0.2) is 23.7 Å². The summed E-state index contributed by atoms with van der Waals surface area (Å²) >= 11 is 3.39. The van der Waals surface area contributed by atoms with Gasteiger partial charge < -0.3 is 10.1 Å². The smallest absolute Gasteiger partial charge is 0.270 e. The maximum absolute atomic E-state index is 10.7. The van der Waals surface area contributed by atoms with Gasteiger partial charge in [0.05, 0.1) is 11.0 Å². The topological polar surface area (TPSA) is 64.4 Å².